The number of carbonyl (C=O) groups is 1. The van der Waals surface area contributed by atoms with Crippen LogP contribution in [0.15, 0.2) is 30.6 Å². The second kappa shape index (κ2) is 7.04. The third-order valence-corrected chi connectivity index (χ3v) is 5.00. The van der Waals surface area contributed by atoms with Gasteiger partial charge in [0.25, 0.3) is 5.82 Å². The van der Waals surface area contributed by atoms with E-state index < -0.39 is 0 Å². The number of urea groups is 1. The van der Waals surface area contributed by atoms with Gasteiger partial charge in [-0.1, -0.05) is 18.2 Å². The summed E-state index contributed by atoms with van der Waals surface area (Å²) in [6.45, 7) is 3.44. The molecule has 2 aliphatic rings. The van der Waals surface area contributed by atoms with Gasteiger partial charge in [-0.05, 0) is 24.5 Å². The Morgan fingerprint density at radius 2 is 2.23 bits per heavy atom. The summed E-state index contributed by atoms with van der Waals surface area (Å²) in [4.78, 5) is 20.8. The van der Waals surface area contributed by atoms with E-state index in [4.69, 9.17) is 5.26 Å². The van der Waals surface area contributed by atoms with Gasteiger partial charge in [0.1, 0.15) is 12.4 Å². The van der Waals surface area contributed by atoms with Crippen molar-refractivity contribution >= 4 is 11.7 Å². The number of amides is 2. The molecule has 0 bridgehead atoms. The van der Waals surface area contributed by atoms with E-state index >= 15 is 0 Å². The van der Waals surface area contributed by atoms with Gasteiger partial charge in [0.05, 0.1) is 12.6 Å². The number of hydrogen-bond donors (Lipinski definition) is 1. The van der Waals surface area contributed by atoms with Gasteiger partial charge in [-0.3, -0.25) is 0 Å². The van der Waals surface area contributed by atoms with Crippen LogP contribution in [0, 0.1) is 11.3 Å². The minimum absolute atomic E-state index is 0.0385. The Kier molecular flexibility index (Phi) is 4.44. The second-order valence-corrected chi connectivity index (χ2v) is 6.65. The normalized spacial score (nSPS) is 18.7. The Morgan fingerprint density at radius 1 is 1.35 bits per heavy atom. The molecular weight excluding hydrogens is 330 g/mol. The standard InChI is InChI=1S/C18H21N7O/c19-11-17-21-13-24(22-17)9-6-20-18(26)23-7-3-8-25-15(12-23)10-14-4-1-2-5-16(14)25/h1-2,4-5,13,15H,3,6-10,12H2,(H,20,26). The Labute approximate surface area is 152 Å². The zero-order valence-electron chi connectivity index (χ0n) is 14.5. The maximum atomic E-state index is 12.6. The van der Waals surface area contributed by atoms with Crippen molar-refractivity contribution in [1.82, 2.24) is 25.0 Å². The average Bonchev–Trinajstić information content (AvgIpc) is 3.19. The molecule has 1 N–H and O–H groups in total. The van der Waals surface area contributed by atoms with Crippen molar-refractivity contribution in [3.8, 4) is 6.07 Å². The van der Waals surface area contributed by atoms with Crippen LogP contribution in [-0.2, 0) is 13.0 Å². The molecule has 0 aliphatic carbocycles. The van der Waals surface area contributed by atoms with Gasteiger partial charge in [-0.25, -0.2) is 14.5 Å². The summed E-state index contributed by atoms with van der Waals surface area (Å²) in [5, 5.41) is 15.7. The molecule has 26 heavy (non-hydrogen) atoms. The van der Waals surface area contributed by atoms with Crippen molar-refractivity contribution in [3.63, 3.8) is 0 Å². The summed E-state index contributed by atoms with van der Waals surface area (Å²) in [6.07, 6.45) is 3.47. The molecule has 0 saturated carbocycles. The van der Waals surface area contributed by atoms with Crippen LogP contribution in [-0.4, -0.2) is 57.9 Å². The zero-order chi connectivity index (χ0) is 17.9. The molecule has 1 saturated heterocycles. The molecule has 0 radical (unpaired) electrons. The van der Waals surface area contributed by atoms with Crippen LogP contribution in [0.5, 0.6) is 0 Å². The molecule has 8 nitrogen and oxygen atoms in total. The minimum atomic E-state index is -0.0385. The first-order valence-corrected chi connectivity index (χ1v) is 8.91. The van der Waals surface area contributed by atoms with Crippen LogP contribution in [0.4, 0.5) is 10.5 Å². The molecule has 0 spiro atoms. The number of fused-ring (bicyclic) bond motifs is 3. The highest BCUT2D eigenvalue weighted by Crippen LogP contribution is 2.33. The van der Waals surface area contributed by atoms with Crippen LogP contribution in [0.2, 0.25) is 0 Å². The maximum absolute atomic E-state index is 12.6. The van der Waals surface area contributed by atoms with Crippen molar-refractivity contribution in [2.75, 3.05) is 31.1 Å². The molecule has 4 rings (SSSR count). The number of hydrogen-bond acceptors (Lipinski definition) is 5. The summed E-state index contributed by atoms with van der Waals surface area (Å²) < 4.78 is 1.57. The summed E-state index contributed by atoms with van der Waals surface area (Å²) in [7, 11) is 0. The van der Waals surface area contributed by atoms with Crippen molar-refractivity contribution in [1.29, 1.82) is 5.26 Å². The highest BCUT2D eigenvalue weighted by atomic mass is 16.2. The highest BCUT2D eigenvalue weighted by Gasteiger charge is 2.33. The molecule has 1 unspecified atom stereocenters. The van der Waals surface area contributed by atoms with Gasteiger partial charge in [-0.15, -0.1) is 5.10 Å². The smallest absolute Gasteiger partial charge is 0.317 e. The summed E-state index contributed by atoms with van der Waals surface area (Å²) >= 11 is 0. The molecule has 2 amide bonds. The van der Waals surface area contributed by atoms with E-state index in [1.807, 2.05) is 11.0 Å². The van der Waals surface area contributed by atoms with Crippen LogP contribution < -0.4 is 10.2 Å². The average molecular weight is 351 g/mol. The van der Waals surface area contributed by atoms with Gasteiger partial charge in [0.15, 0.2) is 0 Å². The fraction of sp³-hybridized carbons (Fsp3) is 0.444. The highest BCUT2D eigenvalue weighted by molar-refractivity contribution is 5.74. The minimum Gasteiger partial charge on any atom is -0.366 e. The fourth-order valence-corrected chi connectivity index (χ4v) is 3.80. The second-order valence-electron chi connectivity index (χ2n) is 6.65. The zero-order valence-corrected chi connectivity index (χ0v) is 14.5. The van der Waals surface area contributed by atoms with Gasteiger partial charge in [0, 0.05) is 31.9 Å². The van der Waals surface area contributed by atoms with Gasteiger partial charge < -0.3 is 15.1 Å². The van der Waals surface area contributed by atoms with E-state index in [0.29, 0.717) is 19.1 Å². The first-order valence-electron chi connectivity index (χ1n) is 8.91. The van der Waals surface area contributed by atoms with E-state index in [0.717, 1.165) is 32.5 Å². The van der Waals surface area contributed by atoms with E-state index in [1.54, 1.807) is 4.68 Å². The Hall–Kier alpha value is -3.08. The lowest BCUT2D eigenvalue weighted by atomic mass is 10.1. The van der Waals surface area contributed by atoms with Gasteiger partial charge in [0.2, 0.25) is 0 Å². The van der Waals surface area contributed by atoms with E-state index in [1.165, 1.54) is 17.6 Å². The summed E-state index contributed by atoms with van der Waals surface area (Å²) in [6, 6.07) is 10.7. The monoisotopic (exact) mass is 351 g/mol. The Bertz CT molecular complexity index is 840. The number of benzene rings is 1. The molecule has 3 heterocycles. The first-order chi connectivity index (χ1) is 12.7. The number of nitrogens with one attached hydrogen (secondary N) is 1. The third-order valence-electron chi connectivity index (χ3n) is 5.00. The molecule has 1 aromatic carbocycles. The fourth-order valence-electron chi connectivity index (χ4n) is 3.80. The molecular formula is C18H21N7O. The predicted octanol–water partition coefficient (Wildman–Crippen LogP) is 0.996. The molecule has 1 aromatic heterocycles. The lowest BCUT2D eigenvalue weighted by Crippen LogP contribution is -2.46. The van der Waals surface area contributed by atoms with Crippen LogP contribution in [0.3, 0.4) is 0 Å². The molecule has 2 aromatic rings. The molecule has 1 atom stereocenters. The van der Waals surface area contributed by atoms with E-state index in [2.05, 4.69) is 44.6 Å². The number of nitriles is 1. The SMILES string of the molecule is N#Cc1ncn(CCNC(=O)N2CCCN3c4ccccc4CC3C2)n1. The number of para-hydroxylation sites is 1. The van der Waals surface area contributed by atoms with Crippen LogP contribution in [0.1, 0.15) is 17.8 Å². The van der Waals surface area contributed by atoms with Crippen molar-refractivity contribution < 1.29 is 4.79 Å². The topological polar surface area (TPSA) is 90.1 Å². The van der Waals surface area contributed by atoms with Gasteiger partial charge >= 0.3 is 6.03 Å². The summed E-state index contributed by atoms with van der Waals surface area (Å²) in [5.74, 6) is 0.143. The predicted molar refractivity (Wildman–Crippen MR) is 95.6 cm³/mol. The van der Waals surface area contributed by atoms with Crippen LogP contribution >= 0.6 is 0 Å². The molecule has 8 heteroatoms. The van der Waals surface area contributed by atoms with Crippen molar-refractivity contribution in [2.45, 2.75) is 25.4 Å². The number of nitrogens with zero attached hydrogens (tertiary/aromatic N) is 6. The largest absolute Gasteiger partial charge is 0.366 e. The van der Waals surface area contributed by atoms with E-state index in [9.17, 15) is 4.79 Å². The van der Waals surface area contributed by atoms with Crippen molar-refractivity contribution in [2.24, 2.45) is 0 Å². The lowest BCUT2D eigenvalue weighted by Gasteiger charge is -2.27. The quantitative estimate of drug-likeness (QED) is 0.891. The summed E-state index contributed by atoms with van der Waals surface area (Å²) in [5.41, 5.74) is 2.69. The number of carbonyl (C=O) groups excluding carboxylic acids is 1. The third kappa shape index (κ3) is 3.20. The lowest BCUT2D eigenvalue weighted by molar-refractivity contribution is 0.197. The Balaban J connectivity index is 1.32. The van der Waals surface area contributed by atoms with E-state index in [-0.39, 0.29) is 11.9 Å². The Morgan fingerprint density at radius 3 is 3.08 bits per heavy atom. The molecule has 2 aliphatic heterocycles. The maximum Gasteiger partial charge on any atom is 0.317 e. The van der Waals surface area contributed by atoms with Crippen LogP contribution in [0.25, 0.3) is 0 Å². The number of anilines is 1. The molecule has 134 valence electrons. The van der Waals surface area contributed by atoms with Gasteiger partial charge in [-0.2, -0.15) is 5.26 Å². The number of rotatable bonds is 3. The number of aromatic nitrogens is 3. The first kappa shape index (κ1) is 16.4. The van der Waals surface area contributed by atoms with Crippen molar-refractivity contribution in [3.05, 3.63) is 42.0 Å². The molecule has 1 fully saturated rings.